The number of halogens is 3. The second kappa shape index (κ2) is 9.90. The first-order valence-electron chi connectivity index (χ1n) is 12.1. The van der Waals surface area contributed by atoms with Crippen LogP contribution in [0.15, 0.2) is 78.9 Å². The molecule has 1 unspecified atom stereocenters. The lowest BCUT2D eigenvalue weighted by molar-refractivity contribution is -0.141. The molecule has 11 heteroatoms. The maximum Gasteiger partial charge on any atom is 0.438 e. The summed E-state index contributed by atoms with van der Waals surface area (Å²) in [6, 6.07) is 22.4. The van der Waals surface area contributed by atoms with Crippen LogP contribution in [0.5, 0.6) is 0 Å². The van der Waals surface area contributed by atoms with Gasteiger partial charge in [-0.25, -0.2) is 4.79 Å². The number of nitrogens with zero attached hydrogens (tertiary/aromatic N) is 3. The molecule has 1 fully saturated rings. The topological polar surface area (TPSA) is 106 Å². The fourth-order valence-corrected chi connectivity index (χ4v) is 4.37. The highest BCUT2D eigenvalue weighted by atomic mass is 19.4. The van der Waals surface area contributed by atoms with E-state index in [1.54, 1.807) is 73.7 Å². The molecule has 5 rings (SSSR count). The molecule has 3 aromatic carbocycles. The summed E-state index contributed by atoms with van der Waals surface area (Å²) in [5.74, 6) is -1.51. The van der Waals surface area contributed by atoms with E-state index in [9.17, 15) is 27.9 Å². The van der Waals surface area contributed by atoms with Gasteiger partial charge in [0, 0.05) is 0 Å². The first-order valence-corrected chi connectivity index (χ1v) is 12.1. The van der Waals surface area contributed by atoms with Crippen LogP contribution in [0.4, 0.5) is 23.8 Å². The summed E-state index contributed by atoms with van der Waals surface area (Å²) in [6.07, 6.45) is -5.47. The molecule has 1 amide bonds. The van der Waals surface area contributed by atoms with Gasteiger partial charge < -0.3 is 9.84 Å². The number of rotatable bonds is 7. The van der Waals surface area contributed by atoms with Crippen molar-refractivity contribution in [2.24, 2.45) is 0 Å². The number of ether oxygens (including phenoxy) is 1. The maximum atomic E-state index is 13.7. The van der Waals surface area contributed by atoms with Gasteiger partial charge in [-0.05, 0) is 54.2 Å². The van der Waals surface area contributed by atoms with Gasteiger partial charge in [-0.3, -0.25) is 10.1 Å². The van der Waals surface area contributed by atoms with Gasteiger partial charge in [0.1, 0.15) is 6.10 Å². The highest BCUT2D eigenvalue weighted by Gasteiger charge is 2.51. The van der Waals surface area contributed by atoms with Crippen LogP contribution in [0.1, 0.15) is 42.7 Å². The van der Waals surface area contributed by atoms with Crippen molar-refractivity contribution in [2.45, 2.75) is 37.5 Å². The average molecular weight is 537 g/mol. The minimum absolute atomic E-state index is 0.229. The Morgan fingerprint density at radius 3 is 2.10 bits per heavy atom. The Balaban J connectivity index is 1.37. The zero-order valence-electron chi connectivity index (χ0n) is 20.6. The third-order valence-electron chi connectivity index (χ3n) is 6.75. The third-order valence-corrected chi connectivity index (χ3v) is 6.75. The van der Waals surface area contributed by atoms with E-state index in [1.807, 2.05) is 12.1 Å². The Kier molecular flexibility index (Phi) is 6.59. The van der Waals surface area contributed by atoms with Crippen molar-refractivity contribution < 1.29 is 32.6 Å². The van der Waals surface area contributed by atoms with Gasteiger partial charge in [0.25, 0.3) is 0 Å². The molecular formula is C28H23F3N4O4. The van der Waals surface area contributed by atoms with Gasteiger partial charge in [-0.2, -0.15) is 17.9 Å². The summed E-state index contributed by atoms with van der Waals surface area (Å²) in [5.41, 5.74) is 1.03. The number of alkyl halides is 3. The van der Waals surface area contributed by atoms with Crippen LogP contribution >= 0.6 is 0 Å². The minimum atomic E-state index is -4.87. The van der Waals surface area contributed by atoms with Crippen molar-refractivity contribution in [3.8, 4) is 16.8 Å². The van der Waals surface area contributed by atoms with Crippen molar-refractivity contribution in [3.63, 3.8) is 0 Å². The van der Waals surface area contributed by atoms with E-state index in [0.29, 0.717) is 18.4 Å². The molecule has 0 saturated heterocycles. The van der Waals surface area contributed by atoms with Crippen LogP contribution < -0.4 is 5.32 Å². The molecule has 0 bridgehead atoms. The Labute approximate surface area is 221 Å². The molecule has 0 spiro atoms. The molecule has 200 valence electrons. The predicted octanol–water partition coefficient (Wildman–Crippen LogP) is 6.38. The Bertz CT molecular complexity index is 1500. The van der Waals surface area contributed by atoms with E-state index >= 15 is 0 Å². The monoisotopic (exact) mass is 536 g/mol. The van der Waals surface area contributed by atoms with Gasteiger partial charge in [-0.1, -0.05) is 71.9 Å². The third kappa shape index (κ3) is 5.20. The Morgan fingerprint density at radius 1 is 0.974 bits per heavy atom. The SMILES string of the molecule is CC(OC(=O)Nc1c(C(F)(F)F)nnn1-c1ccc(-c2ccc(C3(C(=O)O)CC3)cc2)cc1)c1ccccc1. The van der Waals surface area contributed by atoms with E-state index in [1.165, 1.54) is 0 Å². The first kappa shape index (κ1) is 26.0. The fourth-order valence-electron chi connectivity index (χ4n) is 4.37. The molecule has 1 aliphatic carbocycles. The number of aromatic nitrogens is 3. The number of carboxylic acids is 1. The van der Waals surface area contributed by atoms with Gasteiger partial charge in [0.2, 0.25) is 5.69 Å². The zero-order chi connectivity index (χ0) is 27.8. The summed E-state index contributed by atoms with van der Waals surface area (Å²) >= 11 is 0. The smallest absolute Gasteiger partial charge is 0.438 e. The molecule has 1 heterocycles. The van der Waals surface area contributed by atoms with Crippen LogP contribution in [-0.2, 0) is 21.1 Å². The largest absolute Gasteiger partial charge is 0.481 e. The predicted molar refractivity (Wildman–Crippen MR) is 135 cm³/mol. The second-order valence-corrected chi connectivity index (χ2v) is 9.29. The number of aliphatic carboxylic acids is 1. The van der Waals surface area contributed by atoms with E-state index in [2.05, 4.69) is 15.6 Å². The van der Waals surface area contributed by atoms with Crippen molar-refractivity contribution >= 4 is 17.9 Å². The van der Waals surface area contributed by atoms with Crippen molar-refractivity contribution in [2.75, 3.05) is 5.32 Å². The van der Waals surface area contributed by atoms with Gasteiger partial charge in [0.05, 0.1) is 11.1 Å². The second-order valence-electron chi connectivity index (χ2n) is 9.29. The van der Waals surface area contributed by atoms with Gasteiger partial charge in [0.15, 0.2) is 5.82 Å². The van der Waals surface area contributed by atoms with E-state index < -0.39 is 41.3 Å². The Morgan fingerprint density at radius 2 is 1.56 bits per heavy atom. The number of carbonyl (C=O) groups excluding carboxylic acids is 1. The molecule has 1 atom stereocenters. The lowest BCUT2D eigenvalue weighted by Crippen LogP contribution is -2.21. The average Bonchev–Trinajstić information content (AvgIpc) is 3.63. The normalized spacial score (nSPS) is 14.9. The number of hydrogen-bond acceptors (Lipinski definition) is 5. The van der Waals surface area contributed by atoms with Crippen LogP contribution in [0, 0.1) is 0 Å². The number of hydrogen-bond donors (Lipinski definition) is 2. The number of nitrogens with one attached hydrogen (secondary N) is 1. The van der Waals surface area contributed by atoms with Crippen molar-refractivity contribution in [1.82, 2.24) is 15.0 Å². The van der Waals surface area contributed by atoms with Crippen molar-refractivity contribution in [1.29, 1.82) is 0 Å². The van der Waals surface area contributed by atoms with Crippen LogP contribution in [-0.4, -0.2) is 32.2 Å². The molecule has 39 heavy (non-hydrogen) atoms. The molecular weight excluding hydrogens is 513 g/mol. The standard InChI is InChI=1S/C28H23F3N4O4/c1-17(18-5-3-2-4-6-18)39-26(38)32-24-23(28(29,30)31)33-34-35(24)22-13-9-20(10-14-22)19-7-11-21(12-8-19)27(15-16-27)25(36)37/h2-14,17H,15-16H2,1H3,(H,32,38)(H,36,37). The Hall–Kier alpha value is -4.67. The highest BCUT2D eigenvalue weighted by molar-refractivity contribution is 5.86. The number of carboxylic acid groups (broad SMARTS) is 1. The summed E-state index contributed by atoms with van der Waals surface area (Å²) in [7, 11) is 0. The van der Waals surface area contributed by atoms with Crippen LogP contribution in [0.25, 0.3) is 16.8 Å². The summed E-state index contributed by atoms with van der Waals surface area (Å²) < 4.78 is 47.2. The van der Waals surface area contributed by atoms with Gasteiger partial charge >= 0.3 is 18.2 Å². The molecule has 4 aromatic rings. The number of carbonyl (C=O) groups is 2. The summed E-state index contributed by atoms with van der Waals surface area (Å²) in [4.78, 5) is 24.1. The van der Waals surface area contributed by atoms with Gasteiger partial charge in [-0.15, -0.1) is 5.10 Å². The molecule has 1 aromatic heterocycles. The molecule has 0 aliphatic heterocycles. The van der Waals surface area contributed by atoms with E-state index in [0.717, 1.165) is 21.4 Å². The lowest BCUT2D eigenvalue weighted by atomic mass is 9.94. The number of anilines is 1. The summed E-state index contributed by atoms with van der Waals surface area (Å²) in [6.45, 7) is 1.60. The minimum Gasteiger partial charge on any atom is -0.481 e. The molecule has 8 nitrogen and oxygen atoms in total. The van der Waals surface area contributed by atoms with E-state index in [-0.39, 0.29) is 5.69 Å². The fraction of sp³-hybridized carbons (Fsp3) is 0.214. The van der Waals surface area contributed by atoms with Crippen LogP contribution in [0.3, 0.4) is 0 Å². The first-order chi connectivity index (χ1) is 18.6. The van der Waals surface area contributed by atoms with Crippen LogP contribution in [0.2, 0.25) is 0 Å². The number of benzene rings is 3. The van der Waals surface area contributed by atoms with E-state index in [4.69, 9.17) is 4.74 Å². The summed E-state index contributed by atoms with van der Waals surface area (Å²) in [5, 5.41) is 18.5. The number of amides is 1. The quantitative estimate of drug-likeness (QED) is 0.284. The zero-order valence-corrected chi connectivity index (χ0v) is 20.6. The molecule has 2 N–H and O–H groups in total. The highest BCUT2D eigenvalue weighted by Crippen LogP contribution is 2.48. The molecule has 1 aliphatic rings. The molecule has 1 saturated carbocycles. The molecule has 0 radical (unpaired) electrons. The maximum absolute atomic E-state index is 13.7. The lowest BCUT2D eigenvalue weighted by Gasteiger charge is -2.16. The van der Waals surface area contributed by atoms with Crippen molar-refractivity contribution in [3.05, 3.63) is 95.7 Å².